The van der Waals surface area contributed by atoms with E-state index in [0.717, 1.165) is 10.9 Å². The number of carbonyl (C=O) groups is 1. The average Bonchev–Trinajstić information content (AvgIpc) is 2.92. The maximum Gasteiger partial charge on any atom is 0.257 e. The van der Waals surface area contributed by atoms with E-state index >= 15 is 0 Å². The Bertz CT molecular complexity index is 692. The Morgan fingerprint density at radius 1 is 1.11 bits per heavy atom. The molecule has 0 fully saturated rings. The number of hydrogen-bond donors (Lipinski definition) is 1. The van der Waals surface area contributed by atoms with Crippen LogP contribution in [0.4, 0.5) is 5.82 Å². The molecule has 2 aromatic heterocycles. The van der Waals surface area contributed by atoms with E-state index in [1.807, 2.05) is 47.2 Å². The molecule has 4 heteroatoms. The quantitative estimate of drug-likeness (QED) is 0.760. The fourth-order valence-electron chi connectivity index (χ4n) is 1.72. The van der Waals surface area contributed by atoms with Gasteiger partial charge in [0.15, 0.2) is 0 Å². The van der Waals surface area contributed by atoms with Gasteiger partial charge in [-0.3, -0.25) is 4.79 Å². The van der Waals surface area contributed by atoms with Crippen LogP contribution in [0.1, 0.15) is 10.4 Å². The maximum atomic E-state index is 11.9. The SMILES string of the molecule is O=C(Nc1ccc2ccccc2n1)c1ccsc1. The molecular weight excluding hydrogens is 244 g/mol. The molecule has 2 heterocycles. The number of carbonyl (C=O) groups excluding carboxylic acids is 1. The summed E-state index contributed by atoms with van der Waals surface area (Å²) in [6.45, 7) is 0. The number of fused-ring (bicyclic) bond motifs is 1. The number of anilines is 1. The molecule has 3 rings (SSSR count). The van der Waals surface area contributed by atoms with E-state index in [9.17, 15) is 4.79 Å². The Hall–Kier alpha value is -2.20. The molecule has 1 amide bonds. The molecule has 0 radical (unpaired) electrons. The van der Waals surface area contributed by atoms with Crippen molar-refractivity contribution in [2.24, 2.45) is 0 Å². The Morgan fingerprint density at radius 3 is 2.83 bits per heavy atom. The first-order valence-electron chi connectivity index (χ1n) is 5.52. The van der Waals surface area contributed by atoms with Crippen LogP contribution in [0.15, 0.2) is 53.2 Å². The number of nitrogens with one attached hydrogen (secondary N) is 1. The summed E-state index contributed by atoms with van der Waals surface area (Å²) in [5, 5.41) is 7.55. The second-order valence-electron chi connectivity index (χ2n) is 3.86. The summed E-state index contributed by atoms with van der Waals surface area (Å²) in [5.41, 5.74) is 1.54. The van der Waals surface area contributed by atoms with Crippen LogP contribution in [0, 0.1) is 0 Å². The van der Waals surface area contributed by atoms with Crippen molar-refractivity contribution >= 4 is 34.0 Å². The van der Waals surface area contributed by atoms with Crippen LogP contribution >= 0.6 is 11.3 Å². The lowest BCUT2D eigenvalue weighted by Gasteiger charge is -2.04. The second kappa shape index (κ2) is 4.58. The van der Waals surface area contributed by atoms with Gasteiger partial charge in [-0.2, -0.15) is 11.3 Å². The normalized spacial score (nSPS) is 10.4. The predicted molar refractivity (Wildman–Crippen MR) is 74.0 cm³/mol. The molecule has 3 nitrogen and oxygen atoms in total. The highest BCUT2D eigenvalue weighted by Crippen LogP contribution is 2.15. The molecule has 1 N–H and O–H groups in total. The zero-order chi connectivity index (χ0) is 12.4. The highest BCUT2D eigenvalue weighted by atomic mass is 32.1. The third-order valence-electron chi connectivity index (χ3n) is 2.62. The highest BCUT2D eigenvalue weighted by Gasteiger charge is 2.07. The molecule has 0 spiro atoms. The number of hydrogen-bond acceptors (Lipinski definition) is 3. The lowest BCUT2D eigenvalue weighted by molar-refractivity contribution is 0.102. The van der Waals surface area contributed by atoms with Crippen LogP contribution in [-0.4, -0.2) is 10.9 Å². The van der Waals surface area contributed by atoms with Crippen LogP contribution in [0.25, 0.3) is 10.9 Å². The van der Waals surface area contributed by atoms with Gasteiger partial charge in [0.05, 0.1) is 11.1 Å². The zero-order valence-corrected chi connectivity index (χ0v) is 10.3. The first-order valence-corrected chi connectivity index (χ1v) is 6.46. The van der Waals surface area contributed by atoms with E-state index < -0.39 is 0 Å². The number of benzene rings is 1. The summed E-state index contributed by atoms with van der Waals surface area (Å²) in [6.07, 6.45) is 0. The molecule has 0 aliphatic rings. The van der Waals surface area contributed by atoms with Crippen molar-refractivity contribution in [3.63, 3.8) is 0 Å². The summed E-state index contributed by atoms with van der Waals surface area (Å²) >= 11 is 1.50. The molecule has 0 aliphatic heterocycles. The van der Waals surface area contributed by atoms with Gasteiger partial charge in [-0.05, 0) is 29.6 Å². The molecule has 1 aromatic carbocycles. The lowest BCUT2D eigenvalue weighted by atomic mass is 10.2. The van der Waals surface area contributed by atoms with Crippen LogP contribution in [0.5, 0.6) is 0 Å². The topological polar surface area (TPSA) is 42.0 Å². The number of pyridine rings is 1. The van der Waals surface area contributed by atoms with E-state index in [1.54, 1.807) is 6.07 Å². The fourth-order valence-corrected chi connectivity index (χ4v) is 2.35. The number of amides is 1. The minimum Gasteiger partial charge on any atom is -0.307 e. The number of thiophene rings is 1. The zero-order valence-electron chi connectivity index (χ0n) is 9.46. The predicted octanol–water partition coefficient (Wildman–Crippen LogP) is 3.55. The Labute approximate surface area is 108 Å². The Balaban J connectivity index is 1.89. The minimum absolute atomic E-state index is 0.126. The van der Waals surface area contributed by atoms with Gasteiger partial charge in [0.2, 0.25) is 0 Å². The second-order valence-corrected chi connectivity index (χ2v) is 4.64. The van der Waals surface area contributed by atoms with E-state index in [0.29, 0.717) is 11.4 Å². The number of nitrogens with zero attached hydrogens (tertiary/aromatic N) is 1. The molecule has 0 bridgehead atoms. The molecule has 0 saturated heterocycles. The number of para-hydroxylation sites is 1. The van der Waals surface area contributed by atoms with Crippen LogP contribution in [0.3, 0.4) is 0 Å². The summed E-state index contributed by atoms with van der Waals surface area (Å²) in [6, 6.07) is 13.4. The molecule has 18 heavy (non-hydrogen) atoms. The molecule has 0 atom stereocenters. The van der Waals surface area contributed by atoms with Gasteiger partial charge in [0.1, 0.15) is 5.82 Å². The molecule has 0 aliphatic carbocycles. The molecule has 3 aromatic rings. The van der Waals surface area contributed by atoms with Gasteiger partial charge in [-0.1, -0.05) is 18.2 Å². The van der Waals surface area contributed by atoms with Crippen molar-refractivity contribution < 1.29 is 4.79 Å². The van der Waals surface area contributed by atoms with Gasteiger partial charge >= 0.3 is 0 Å². The summed E-state index contributed by atoms with van der Waals surface area (Å²) < 4.78 is 0. The van der Waals surface area contributed by atoms with E-state index in [-0.39, 0.29) is 5.91 Å². The van der Waals surface area contributed by atoms with Gasteiger partial charge in [-0.25, -0.2) is 4.98 Å². The smallest absolute Gasteiger partial charge is 0.257 e. The van der Waals surface area contributed by atoms with Crippen molar-refractivity contribution in [1.82, 2.24) is 4.98 Å². The molecule has 0 saturated carbocycles. The van der Waals surface area contributed by atoms with Gasteiger partial charge in [0, 0.05) is 10.8 Å². The van der Waals surface area contributed by atoms with Gasteiger partial charge in [-0.15, -0.1) is 0 Å². The number of aromatic nitrogens is 1. The summed E-state index contributed by atoms with van der Waals surface area (Å²) in [5.74, 6) is 0.448. The van der Waals surface area contributed by atoms with E-state index in [2.05, 4.69) is 10.3 Å². The standard InChI is InChI=1S/C14H10N2OS/c17-14(11-7-8-18-9-11)16-13-6-5-10-3-1-2-4-12(10)15-13/h1-9H,(H,15,16,17). The third-order valence-corrected chi connectivity index (χ3v) is 3.31. The van der Waals surface area contributed by atoms with Crippen molar-refractivity contribution in [1.29, 1.82) is 0 Å². The molecule has 0 unspecified atom stereocenters. The Kier molecular flexibility index (Phi) is 2.78. The Morgan fingerprint density at radius 2 is 2.00 bits per heavy atom. The molecular formula is C14H10N2OS. The monoisotopic (exact) mass is 254 g/mol. The summed E-state index contributed by atoms with van der Waals surface area (Å²) in [4.78, 5) is 16.3. The minimum atomic E-state index is -0.126. The van der Waals surface area contributed by atoms with Crippen molar-refractivity contribution in [2.45, 2.75) is 0 Å². The van der Waals surface area contributed by atoms with Crippen LogP contribution < -0.4 is 5.32 Å². The average molecular weight is 254 g/mol. The lowest BCUT2D eigenvalue weighted by Crippen LogP contribution is -2.11. The summed E-state index contributed by atoms with van der Waals surface area (Å²) in [7, 11) is 0. The van der Waals surface area contributed by atoms with Crippen LogP contribution in [0.2, 0.25) is 0 Å². The highest BCUT2D eigenvalue weighted by molar-refractivity contribution is 7.08. The van der Waals surface area contributed by atoms with Crippen LogP contribution in [-0.2, 0) is 0 Å². The van der Waals surface area contributed by atoms with E-state index in [1.165, 1.54) is 11.3 Å². The molecule has 88 valence electrons. The van der Waals surface area contributed by atoms with Gasteiger partial charge in [0.25, 0.3) is 5.91 Å². The van der Waals surface area contributed by atoms with Gasteiger partial charge < -0.3 is 5.32 Å². The van der Waals surface area contributed by atoms with Crippen molar-refractivity contribution in [2.75, 3.05) is 5.32 Å². The van der Waals surface area contributed by atoms with Crippen molar-refractivity contribution in [3.8, 4) is 0 Å². The third kappa shape index (κ3) is 2.10. The fraction of sp³-hybridized carbons (Fsp3) is 0. The van der Waals surface area contributed by atoms with Crippen molar-refractivity contribution in [3.05, 3.63) is 58.8 Å². The first kappa shape index (κ1) is 10.9. The number of rotatable bonds is 2. The largest absolute Gasteiger partial charge is 0.307 e. The van der Waals surface area contributed by atoms with E-state index in [4.69, 9.17) is 0 Å². The maximum absolute atomic E-state index is 11.9. The first-order chi connectivity index (χ1) is 8.83.